The molecule has 14 heteroatoms. The van der Waals surface area contributed by atoms with Crippen LogP contribution in [-0.2, 0) is 25.4 Å². The fourth-order valence-electron chi connectivity index (χ4n) is 2.78. The van der Waals surface area contributed by atoms with Crippen molar-refractivity contribution in [2.24, 2.45) is 5.73 Å². The quantitative estimate of drug-likeness (QED) is 0.128. The molecule has 9 N–H and O–H groups in total. The van der Waals surface area contributed by atoms with E-state index in [9.17, 15) is 33.0 Å². The molecule has 0 bridgehead atoms. The molecule has 0 heterocycles. The lowest BCUT2D eigenvalue weighted by Gasteiger charge is -2.16. The van der Waals surface area contributed by atoms with Crippen LogP contribution in [0.25, 0.3) is 0 Å². The van der Waals surface area contributed by atoms with Crippen LogP contribution in [-0.4, -0.2) is 61.5 Å². The number of phenols is 1. The number of aliphatic hydroxyl groups excluding tert-OH is 1. The van der Waals surface area contributed by atoms with Crippen molar-refractivity contribution in [2.45, 2.75) is 11.8 Å². The van der Waals surface area contributed by atoms with E-state index in [-0.39, 0.29) is 16.9 Å². The molecule has 0 aliphatic rings. The van der Waals surface area contributed by atoms with Gasteiger partial charge < -0.3 is 26.6 Å². The van der Waals surface area contributed by atoms with Crippen LogP contribution in [0.5, 0.6) is 5.75 Å². The highest BCUT2D eigenvalue weighted by molar-refractivity contribution is 7.88. The summed E-state index contributed by atoms with van der Waals surface area (Å²) < 4.78 is 26.7. The van der Waals surface area contributed by atoms with Gasteiger partial charge in [-0.1, -0.05) is 36.4 Å². The molecule has 0 saturated carbocycles. The third-order valence-corrected chi connectivity index (χ3v) is 5.72. The number of amides is 3. The first-order valence-electron chi connectivity index (χ1n) is 10.0. The van der Waals surface area contributed by atoms with Crippen LogP contribution in [0.3, 0.4) is 0 Å². The van der Waals surface area contributed by atoms with Gasteiger partial charge in [0.05, 0.1) is 25.4 Å². The first-order chi connectivity index (χ1) is 16.5. The zero-order chi connectivity index (χ0) is 26.0. The number of rotatable bonds is 11. The lowest BCUT2D eigenvalue weighted by molar-refractivity contribution is -0.127. The van der Waals surface area contributed by atoms with E-state index in [1.54, 1.807) is 30.3 Å². The van der Waals surface area contributed by atoms with Crippen LogP contribution >= 0.6 is 0 Å². The first-order valence-corrected chi connectivity index (χ1v) is 11.7. The Labute approximate surface area is 201 Å². The van der Waals surface area contributed by atoms with Gasteiger partial charge >= 0.3 is 0 Å². The Bertz CT molecular complexity index is 1190. The van der Waals surface area contributed by atoms with Gasteiger partial charge in [0, 0.05) is 5.56 Å². The Kier molecular flexibility index (Phi) is 9.69. The van der Waals surface area contributed by atoms with Crippen molar-refractivity contribution in [2.75, 3.05) is 13.2 Å². The number of carbonyl (C=O) groups excluding carboxylic acids is 3. The van der Waals surface area contributed by atoms with Crippen molar-refractivity contribution in [1.29, 1.82) is 5.41 Å². The molecule has 0 fully saturated rings. The van der Waals surface area contributed by atoms with E-state index < -0.39 is 58.7 Å². The summed E-state index contributed by atoms with van der Waals surface area (Å²) in [7, 11) is -3.99. The average Bonchev–Trinajstić information content (AvgIpc) is 2.80. The SMILES string of the molecule is N=C(N)N[CH]c1ccc(O)cc1C(=O)NC(=O)CNC(=O)[C@H](CO)NS(=O)(=O)Cc1ccccc1. The number of sulfonamides is 1. The molecule has 1 atom stereocenters. The van der Waals surface area contributed by atoms with Crippen molar-refractivity contribution in [3.05, 3.63) is 71.8 Å². The van der Waals surface area contributed by atoms with Gasteiger partial charge in [0.15, 0.2) is 5.96 Å². The predicted molar refractivity (Wildman–Crippen MR) is 125 cm³/mol. The summed E-state index contributed by atoms with van der Waals surface area (Å²) in [4.78, 5) is 36.9. The standard InChI is InChI=1S/C21H25N6O7S/c22-21(23)25-9-14-6-7-15(29)8-16(14)19(31)26-18(30)10-24-20(32)17(11-28)27-35(33,34)12-13-4-2-1-3-5-13/h1-9,17,27-29H,10-12H2,(H,24,32)(H4,22,23,25)(H,26,30,31)/t17-/m0/s1. The molecule has 2 rings (SSSR count). The number of hydrogen-bond donors (Lipinski definition) is 8. The molecule has 0 aromatic heterocycles. The maximum atomic E-state index is 12.4. The number of aromatic hydroxyl groups is 1. The van der Waals surface area contributed by atoms with Crippen molar-refractivity contribution in [1.82, 2.24) is 20.7 Å². The molecule has 2 aromatic rings. The summed E-state index contributed by atoms with van der Waals surface area (Å²) in [5.74, 6) is -3.93. The topological polar surface area (TPSA) is 224 Å². The minimum absolute atomic E-state index is 0.125. The van der Waals surface area contributed by atoms with E-state index in [0.29, 0.717) is 5.56 Å². The number of guanidine groups is 1. The monoisotopic (exact) mass is 505 g/mol. The third kappa shape index (κ3) is 9.04. The number of carbonyl (C=O) groups is 3. The van der Waals surface area contributed by atoms with Gasteiger partial charge in [-0.15, -0.1) is 0 Å². The van der Waals surface area contributed by atoms with E-state index >= 15 is 0 Å². The highest BCUT2D eigenvalue weighted by atomic mass is 32.2. The lowest BCUT2D eigenvalue weighted by atomic mass is 10.1. The predicted octanol–water partition coefficient (Wildman–Crippen LogP) is -1.76. The van der Waals surface area contributed by atoms with Crippen molar-refractivity contribution in [3.8, 4) is 5.75 Å². The molecule has 0 aliphatic carbocycles. The third-order valence-electron chi connectivity index (χ3n) is 4.36. The van der Waals surface area contributed by atoms with Crippen LogP contribution in [0, 0.1) is 12.0 Å². The fourth-order valence-corrected chi connectivity index (χ4v) is 4.11. The van der Waals surface area contributed by atoms with E-state index in [0.717, 1.165) is 6.07 Å². The van der Waals surface area contributed by atoms with E-state index in [4.69, 9.17) is 11.1 Å². The number of nitrogens with one attached hydrogen (secondary N) is 5. The Hall–Kier alpha value is -4.01. The number of nitrogens with two attached hydrogens (primary N) is 1. The van der Waals surface area contributed by atoms with Crippen LogP contribution in [0.2, 0.25) is 0 Å². The maximum absolute atomic E-state index is 12.4. The minimum Gasteiger partial charge on any atom is -0.508 e. The van der Waals surface area contributed by atoms with Gasteiger partial charge in [0.25, 0.3) is 5.91 Å². The Morgan fingerprint density at radius 3 is 2.43 bits per heavy atom. The first kappa shape index (κ1) is 27.2. The summed E-state index contributed by atoms with van der Waals surface area (Å²) in [5, 5.41) is 32.8. The number of aliphatic hydroxyl groups is 1. The molecule has 187 valence electrons. The Balaban J connectivity index is 1.94. The summed E-state index contributed by atoms with van der Waals surface area (Å²) in [6, 6.07) is 10.3. The smallest absolute Gasteiger partial charge is 0.258 e. The number of benzene rings is 2. The highest BCUT2D eigenvalue weighted by Crippen LogP contribution is 2.17. The van der Waals surface area contributed by atoms with Crippen LogP contribution in [0.15, 0.2) is 48.5 Å². The number of imide groups is 1. The number of phenolic OH excluding ortho intramolecular Hbond substituents is 1. The van der Waals surface area contributed by atoms with Gasteiger partial charge in [-0.2, -0.15) is 0 Å². The molecule has 13 nitrogen and oxygen atoms in total. The van der Waals surface area contributed by atoms with Gasteiger partial charge in [-0.25, -0.2) is 13.1 Å². The van der Waals surface area contributed by atoms with Gasteiger partial charge in [-0.05, 0) is 23.3 Å². The molecular formula is C21H25N6O7S. The second-order valence-electron chi connectivity index (χ2n) is 7.17. The van der Waals surface area contributed by atoms with Crippen molar-refractivity contribution in [3.63, 3.8) is 0 Å². The summed E-state index contributed by atoms with van der Waals surface area (Å²) in [6.45, 7) is -0.354. The highest BCUT2D eigenvalue weighted by Gasteiger charge is 2.25. The van der Waals surface area contributed by atoms with E-state index in [1.807, 2.05) is 5.32 Å². The summed E-state index contributed by atoms with van der Waals surface area (Å²) in [6.07, 6.45) is 0. The van der Waals surface area contributed by atoms with Gasteiger partial charge in [-0.3, -0.25) is 25.1 Å². The Morgan fingerprint density at radius 2 is 1.80 bits per heavy atom. The summed E-state index contributed by atoms with van der Waals surface area (Å²) in [5.41, 5.74) is 5.75. The minimum atomic E-state index is -3.99. The molecule has 35 heavy (non-hydrogen) atoms. The molecule has 3 amide bonds. The second-order valence-corrected chi connectivity index (χ2v) is 8.92. The zero-order valence-corrected chi connectivity index (χ0v) is 19.1. The second kappa shape index (κ2) is 12.5. The lowest BCUT2D eigenvalue weighted by Crippen LogP contribution is -2.51. The Morgan fingerprint density at radius 1 is 1.11 bits per heavy atom. The summed E-state index contributed by atoms with van der Waals surface area (Å²) >= 11 is 0. The van der Waals surface area contributed by atoms with Crippen LogP contribution < -0.4 is 26.4 Å². The maximum Gasteiger partial charge on any atom is 0.258 e. The van der Waals surface area contributed by atoms with E-state index in [1.165, 1.54) is 18.7 Å². The average molecular weight is 506 g/mol. The van der Waals surface area contributed by atoms with Gasteiger partial charge in [0.2, 0.25) is 21.8 Å². The zero-order valence-electron chi connectivity index (χ0n) is 18.3. The van der Waals surface area contributed by atoms with Gasteiger partial charge in [0.1, 0.15) is 11.8 Å². The van der Waals surface area contributed by atoms with Crippen molar-refractivity contribution >= 4 is 33.7 Å². The molecule has 0 unspecified atom stereocenters. The molecule has 2 aromatic carbocycles. The molecule has 1 radical (unpaired) electrons. The molecule has 0 saturated heterocycles. The molecular weight excluding hydrogens is 480 g/mol. The fraction of sp³-hybridized carbons (Fsp3) is 0.190. The van der Waals surface area contributed by atoms with E-state index in [2.05, 4.69) is 15.4 Å². The molecule has 0 aliphatic heterocycles. The normalized spacial score (nSPS) is 11.8. The molecule has 0 spiro atoms. The van der Waals surface area contributed by atoms with Crippen molar-refractivity contribution < 1.29 is 33.0 Å². The van der Waals surface area contributed by atoms with Crippen LogP contribution in [0.1, 0.15) is 21.5 Å². The largest absolute Gasteiger partial charge is 0.508 e. The van der Waals surface area contributed by atoms with Crippen LogP contribution in [0.4, 0.5) is 0 Å². The number of hydrogen-bond acceptors (Lipinski definition) is 8.